The van der Waals surface area contributed by atoms with Crippen molar-refractivity contribution in [3.63, 3.8) is 0 Å². The van der Waals surface area contributed by atoms with Crippen LogP contribution in [0.25, 0.3) is 0 Å². The first-order valence-electron chi connectivity index (χ1n) is 5.43. The molecule has 0 saturated heterocycles. The van der Waals surface area contributed by atoms with Gasteiger partial charge in [-0.25, -0.2) is 8.42 Å². The van der Waals surface area contributed by atoms with Crippen LogP contribution >= 0.6 is 0 Å². The van der Waals surface area contributed by atoms with Gasteiger partial charge in [0.25, 0.3) is 5.91 Å². The topological polar surface area (TPSA) is 54.5 Å². The van der Waals surface area contributed by atoms with Gasteiger partial charge in [0.15, 0.2) is 9.84 Å². The van der Waals surface area contributed by atoms with Gasteiger partial charge in [-0.15, -0.1) is 6.42 Å². The second-order valence-electron chi connectivity index (χ2n) is 3.82. The van der Waals surface area contributed by atoms with Crippen molar-refractivity contribution in [3.8, 4) is 12.3 Å². The highest BCUT2D eigenvalue weighted by atomic mass is 32.2. The van der Waals surface area contributed by atoms with E-state index < -0.39 is 9.84 Å². The van der Waals surface area contributed by atoms with E-state index >= 15 is 0 Å². The maximum atomic E-state index is 12.1. The maximum absolute atomic E-state index is 12.1. The van der Waals surface area contributed by atoms with E-state index in [1.54, 1.807) is 12.1 Å². The lowest BCUT2D eigenvalue weighted by molar-refractivity contribution is 0.0784. The molecule has 1 aromatic rings. The number of rotatable bonds is 4. The lowest BCUT2D eigenvalue weighted by Crippen LogP contribution is -2.31. The van der Waals surface area contributed by atoms with E-state index in [1.165, 1.54) is 17.0 Å². The summed E-state index contributed by atoms with van der Waals surface area (Å²) in [5.41, 5.74) is 0.329. The third-order valence-corrected chi connectivity index (χ3v) is 3.57. The fourth-order valence-corrected chi connectivity index (χ4v) is 2.15. The van der Waals surface area contributed by atoms with Crippen molar-refractivity contribution in [2.24, 2.45) is 0 Å². The molecule has 96 valence electrons. The second kappa shape index (κ2) is 5.69. The van der Waals surface area contributed by atoms with Crippen molar-refractivity contribution < 1.29 is 13.2 Å². The summed E-state index contributed by atoms with van der Waals surface area (Å²) in [4.78, 5) is 13.7. The Kier molecular flexibility index (Phi) is 4.51. The monoisotopic (exact) mass is 265 g/mol. The highest BCUT2D eigenvalue weighted by Crippen LogP contribution is 2.13. The highest BCUT2D eigenvalue weighted by Gasteiger charge is 2.15. The minimum absolute atomic E-state index is 0.130. The lowest BCUT2D eigenvalue weighted by Gasteiger charge is -2.18. The van der Waals surface area contributed by atoms with Crippen LogP contribution in [0.15, 0.2) is 29.2 Å². The zero-order chi connectivity index (χ0) is 13.8. The molecule has 1 amide bonds. The van der Waals surface area contributed by atoms with E-state index in [9.17, 15) is 13.2 Å². The first-order chi connectivity index (χ1) is 8.40. The molecule has 0 bridgehead atoms. The van der Waals surface area contributed by atoms with E-state index in [1.807, 2.05) is 6.92 Å². The van der Waals surface area contributed by atoms with Crippen molar-refractivity contribution in [2.45, 2.75) is 11.8 Å². The van der Waals surface area contributed by atoms with Crippen molar-refractivity contribution in [1.82, 2.24) is 4.90 Å². The summed E-state index contributed by atoms with van der Waals surface area (Å²) in [6.07, 6.45) is 6.29. The molecular weight excluding hydrogens is 250 g/mol. The summed E-state index contributed by atoms with van der Waals surface area (Å²) in [6, 6.07) is 5.96. The molecule has 0 aliphatic heterocycles. The molecule has 18 heavy (non-hydrogen) atoms. The number of sulfone groups is 1. The van der Waals surface area contributed by atoms with Gasteiger partial charge in [0, 0.05) is 18.4 Å². The molecule has 0 aromatic heterocycles. The van der Waals surface area contributed by atoms with Gasteiger partial charge in [-0.1, -0.05) is 12.0 Å². The van der Waals surface area contributed by atoms with Crippen molar-refractivity contribution in [2.75, 3.05) is 19.3 Å². The van der Waals surface area contributed by atoms with Gasteiger partial charge in [-0.3, -0.25) is 4.79 Å². The Balaban J connectivity index is 3.11. The smallest absolute Gasteiger partial charge is 0.254 e. The van der Waals surface area contributed by atoms with E-state index in [-0.39, 0.29) is 17.3 Å². The number of carbonyl (C=O) groups excluding carboxylic acids is 1. The largest absolute Gasteiger partial charge is 0.328 e. The number of hydrogen-bond donors (Lipinski definition) is 0. The van der Waals surface area contributed by atoms with Crippen LogP contribution in [0, 0.1) is 12.3 Å². The summed E-state index contributed by atoms with van der Waals surface area (Å²) >= 11 is 0. The summed E-state index contributed by atoms with van der Waals surface area (Å²) in [7, 11) is -3.31. The minimum Gasteiger partial charge on any atom is -0.328 e. The molecule has 0 fully saturated rings. The summed E-state index contributed by atoms with van der Waals surface area (Å²) < 4.78 is 22.8. The first kappa shape index (κ1) is 14.3. The molecule has 0 N–H and O–H groups in total. The van der Waals surface area contributed by atoms with Crippen LogP contribution in [0.5, 0.6) is 0 Å². The minimum atomic E-state index is -3.31. The molecule has 0 radical (unpaired) electrons. The number of amides is 1. The normalized spacial score (nSPS) is 10.7. The summed E-state index contributed by atoms with van der Waals surface area (Å²) in [6.45, 7) is 2.50. The number of terminal acetylenes is 1. The van der Waals surface area contributed by atoms with Gasteiger partial charge in [0.2, 0.25) is 0 Å². The zero-order valence-electron chi connectivity index (χ0n) is 10.4. The predicted molar refractivity (Wildman–Crippen MR) is 70.0 cm³/mol. The summed E-state index contributed by atoms with van der Waals surface area (Å²) in [5, 5.41) is 0. The fourth-order valence-electron chi connectivity index (χ4n) is 1.48. The molecule has 1 rings (SSSR count). The predicted octanol–water partition coefficient (Wildman–Crippen LogP) is 1.19. The first-order valence-corrected chi connectivity index (χ1v) is 7.32. The van der Waals surface area contributed by atoms with E-state index in [0.717, 1.165) is 6.26 Å². The molecule has 0 spiro atoms. The molecule has 1 aromatic carbocycles. The molecule has 0 aliphatic carbocycles. The van der Waals surface area contributed by atoms with Crippen LogP contribution in [0.2, 0.25) is 0 Å². The molecule has 4 nitrogen and oxygen atoms in total. The van der Waals surface area contributed by atoms with Crippen LogP contribution in [-0.2, 0) is 9.84 Å². The van der Waals surface area contributed by atoms with Crippen LogP contribution < -0.4 is 0 Å². The third kappa shape index (κ3) is 3.34. The Labute approximate surface area is 108 Å². The molecule has 5 heteroatoms. The Hall–Kier alpha value is -1.80. The molecule has 0 aliphatic rings. The zero-order valence-corrected chi connectivity index (χ0v) is 11.2. The molecule has 0 saturated carbocycles. The SMILES string of the molecule is C#CCN(CC)C(=O)c1cccc(S(C)(=O)=O)c1. The number of carbonyl (C=O) groups is 1. The van der Waals surface area contributed by atoms with Crippen molar-refractivity contribution in [3.05, 3.63) is 29.8 Å². The van der Waals surface area contributed by atoms with Gasteiger partial charge in [0.1, 0.15) is 0 Å². The highest BCUT2D eigenvalue weighted by molar-refractivity contribution is 7.90. The second-order valence-corrected chi connectivity index (χ2v) is 5.84. The molecule has 0 atom stereocenters. The molecule has 0 unspecified atom stereocenters. The Bertz CT molecular complexity index is 584. The molecule has 0 heterocycles. The van der Waals surface area contributed by atoms with Gasteiger partial charge >= 0.3 is 0 Å². The Morgan fingerprint density at radius 1 is 1.44 bits per heavy atom. The lowest BCUT2D eigenvalue weighted by atomic mass is 10.2. The van der Waals surface area contributed by atoms with E-state index in [0.29, 0.717) is 12.1 Å². The van der Waals surface area contributed by atoms with Gasteiger partial charge in [0.05, 0.1) is 11.4 Å². The van der Waals surface area contributed by atoms with Gasteiger partial charge in [-0.2, -0.15) is 0 Å². The third-order valence-electron chi connectivity index (χ3n) is 2.46. The number of hydrogen-bond acceptors (Lipinski definition) is 3. The van der Waals surface area contributed by atoms with Crippen LogP contribution in [0.4, 0.5) is 0 Å². The van der Waals surface area contributed by atoms with E-state index in [2.05, 4.69) is 5.92 Å². The van der Waals surface area contributed by atoms with Crippen LogP contribution in [0.1, 0.15) is 17.3 Å². The van der Waals surface area contributed by atoms with Gasteiger partial charge in [-0.05, 0) is 25.1 Å². The molecular formula is C13H15NO3S. The Morgan fingerprint density at radius 2 is 2.11 bits per heavy atom. The van der Waals surface area contributed by atoms with Crippen LogP contribution in [0.3, 0.4) is 0 Å². The Morgan fingerprint density at radius 3 is 2.61 bits per heavy atom. The quantitative estimate of drug-likeness (QED) is 0.768. The fraction of sp³-hybridized carbons (Fsp3) is 0.308. The average Bonchev–Trinajstić information content (AvgIpc) is 2.34. The number of benzene rings is 1. The van der Waals surface area contributed by atoms with Crippen molar-refractivity contribution >= 4 is 15.7 Å². The van der Waals surface area contributed by atoms with Crippen LogP contribution in [-0.4, -0.2) is 38.6 Å². The summed E-state index contributed by atoms with van der Waals surface area (Å²) in [5.74, 6) is 2.14. The van der Waals surface area contributed by atoms with E-state index in [4.69, 9.17) is 6.42 Å². The van der Waals surface area contributed by atoms with Gasteiger partial charge < -0.3 is 4.90 Å². The van der Waals surface area contributed by atoms with Crippen molar-refractivity contribution in [1.29, 1.82) is 0 Å². The number of nitrogens with zero attached hydrogens (tertiary/aromatic N) is 1. The standard InChI is InChI=1S/C13H15NO3S/c1-4-9-14(5-2)13(15)11-7-6-8-12(10-11)18(3,16)17/h1,6-8,10H,5,9H2,2-3H3. The maximum Gasteiger partial charge on any atom is 0.254 e. The average molecular weight is 265 g/mol.